The second-order valence-corrected chi connectivity index (χ2v) is 6.06. The fraction of sp³-hybridized carbons (Fsp3) is 0.368. The van der Waals surface area contributed by atoms with Gasteiger partial charge in [0.05, 0.1) is 19.3 Å². The summed E-state index contributed by atoms with van der Waals surface area (Å²) in [5.41, 5.74) is 2.30. The molecule has 1 saturated heterocycles. The lowest BCUT2D eigenvalue weighted by molar-refractivity contribution is 0.0290. The third kappa shape index (κ3) is 2.69. The molecule has 1 aliphatic rings. The smallest absolute Gasteiger partial charge is 0.118 e. The van der Waals surface area contributed by atoms with Crippen LogP contribution in [0.4, 0.5) is 0 Å². The number of rotatable bonds is 3. The summed E-state index contributed by atoms with van der Waals surface area (Å²) >= 11 is 0. The van der Waals surface area contributed by atoms with Crippen LogP contribution in [0.25, 0.3) is 0 Å². The Bertz CT molecular complexity index is 618. The van der Waals surface area contributed by atoms with Gasteiger partial charge < -0.3 is 14.6 Å². The lowest BCUT2D eigenvalue weighted by atomic mass is 9.85. The van der Waals surface area contributed by atoms with Gasteiger partial charge in [0.15, 0.2) is 0 Å². The van der Waals surface area contributed by atoms with Crippen LogP contribution in [0.3, 0.4) is 0 Å². The Kier molecular flexibility index (Phi) is 4.08. The molecule has 1 aliphatic heterocycles. The molecule has 0 spiro atoms. The lowest BCUT2D eigenvalue weighted by Gasteiger charge is -2.16. The summed E-state index contributed by atoms with van der Waals surface area (Å²) < 4.78 is 11.6. The Morgan fingerprint density at radius 3 is 1.73 bits per heavy atom. The Labute approximate surface area is 131 Å². The number of ether oxygens (including phenoxy) is 2. The molecular formula is C19H22O3. The van der Waals surface area contributed by atoms with E-state index in [4.69, 9.17) is 9.47 Å². The van der Waals surface area contributed by atoms with Crippen LogP contribution >= 0.6 is 0 Å². The van der Waals surface area contributed by atoms with E-state index in [0.717, 1.165) is 11.3 Å². The summed E-state index contributed by atoms with van der Waals surface area (Å²) in [6.07, 6.45) is 0.141. The van der Waals surface area contributed by atoms with E-state index in [1.807, 2.05) is 24.3 Å². The minimum Gasteiger partial charge on any atom is -0.508 e. The minimum absolute atomic E-state index is 0.0581. The fourth-order valence-corrected chi connectivity index (χ4v) is 3.18. The van der Waals surface area contributed by atoms with Gasteiger partial charge >= 0.3 is 0 Å². The molecule has 116 valence electrons. The molecule has 0 aromatic heterocycles. The Hall–Kier alpha value is -2.00. The third-order valence-electron chi connectivity index (χ3n) is 4.74. The second-order valence-electron chi connectivity index (χ2n) is 6.06. The van der Waals surface area contributed by atoms with Crippen LogP contribution in [0.1, 0.15) is 37.2 Å². The molecule has 0 bridgehead atoms. The molecule has 1 fully saturated rings. The van der Waals surface area contributed by atoms with Gasteiger partial charge in [0.2, 0.25) is 0 Å². The van der Waals surface area contributed by atoms with Crippen molar-refractivity contribution in [1.29, 1.82) is 0 Å². The summed E-state index contributed by atoms with van der Waals surface area (Å²) in [6.45, 7) is 4.46. The molecule has 3 nitrogen and oxygen atoms in total. The predicted molar refractivity (Wildman–Crippen MR) is 86.0 cm³/mol. The van der Waals surface area contributed by atoms with Gasteiger partial charge in [0.1, 0.15) is 11.5 Å². The first-order chi connectivity index (χ1) is 10.6. The highest BCUT2D eigenvalue weighted by molar-refractivity contribution is 5.31. The van der Waals surface area contributed by atoms with Gasteiger partial charge in [-0.2, -0.15) is 0 Å². The maximum absolute atomic E-state index is 9.44. The Morgan fingerprint density at radius 2 is 1.27 bits per heavy atom. The molecule has 1 N–H and O–H groups in total. The molecular weight excluding hydrogens is 276 g/mol. The molecule has 4 atom stereocenters. The summed E-state index contributed by atoms with van der Waals surface area (Å²) in [5, 5.41) is 9.44. The van der Waals surface area contributed by atoms with Crippen molar-refractivity contribution in [2.45, 2.75) is 26.1 Å². The summed E-state index contributed by atoms with van der Waals surface area (Å²) in [4.78, 5) is 0. The van der Waals surface area contributed by atoms with E-state index in [9.17, 15) is 5.11 Å². The van der Waals surface area contributed by atoms with Crippen LogP contribution in [-0.4, -0.2) is 12.2 Å². The monoisotopic (exact) mass is 298 g/mol. The molecule has 22 heavy (non-hydrogen) atoms. The molecule has 3 heteroatoms. The molecule has 0 unspecified atom stereocenters. The highest BCUT2D eigenvalue weighted by Gasteiger charge is 2.40. The Morgan fingerprint density at radius 1 is 0.818 bits per heavy atom. The number of methoxy groups -OCH3 is 1. The van der Waals surface area contributed by atoms with Gasteiger partial charge in [-0.05, 0) is 47.2 Å². The van der Waals surface area contributed by atoms with Crippen molar-refractivity contribution in [2.24, 2.45) is 11.8 Å². The zero-order chi connectivity index (χ0) is 15.7. The molecule has 1 heterocycles. The van der Waals surface area contributed by atoms with E-state index >= 15 is 0 Å². The van der Waals surface area contributed by atoms with E-state index in [0.29, 0.717) is 11.8 Å². The van der Waals surface area contributed by atoms with Gasteiger partial charge in [-0.1, -0.05) is 38.1 Å². The maximum atomic E-state index is 9.44. The van der Waals surface area contributed by atoms with Crippen LogP contribution in [0.5, 0.6) is 11.5 Å². The highest BCUT2D eigenvalue weighted by atomic mass is 16.5. The zero-order valence-electron chi connectivity index (χ0n) is 13.2. The number of phenolic OH excluding ortho intramolecular Hbond substituents is 1. The van der Waals surface area contributed by atoms with Crippen molar-refractivity contribution < 1.29 is 14.6 Å². The largest absolute Gasteiger partial charge is 0.508 e. The summed E-state index contributed by atoms with van der Waals surface area (Å²) in [6, 6.07) is 15.4. The van der Waals surface area contributed by atoms with Crippen molar-refractivity contribution >= 4 is 0 Å². The van der Waals surface area contributed by atoms with E-state index in [1.54, 1.807) is 19.2 Å². The first-order valence-electron chi connectivity index (χ1n) is 7.68. The molecule has 0 aliphatic carbocycles. The highest BCUT2D eigenvalue weighted by Crippen LogP contribution is 2.49. The molecule has 3 rings (SSSR count). The quantitative estimate of drug-likeness (QED) is 0.907. The molecule has 2 aromatic carbocycles. The van der Waals surface area contributed by atoms with Gasteiger partial charge in [-0.15, -0.1) is 0 Å². The fourth-order valence-electron chi connectivity index (χ4n) is 3.18. The predicted octanol–water partition coefficient (Wildman–Crippen LogP) is 4.49. The molecule has 0 amide bonds. The van der Waals surface area contributed by atoms with Gasteiger partial charge in [0, 0.05) is 0 Å². The van der Waals surface area contributed by atoms with Crippen molar-refractivity contribution in [1.82, 2.24) is 0 Å². The van der Waals surface area contributed by atoms with Crippen molar-refractivity contribution in [3.63, 3.8) is 0 Å². The normalized spacial score (nSPS) is 27.8. The number of phenols is 1. The van der Waals surface area contributed by atoms with E-state index < -0.39 is 0 Å². The van der Waals surface area contributed by atoms with Crippen LogP contribution in [0.2, 0.25) is 0 Å². The van der Waals surface area contributed by atoms with Crippen molar-refractivity contribution in [3.8, 4) is 11.5 Å². The summed E-state index contributed by atoms with van der Waals surface area (Å²) in [7, 11) is 1.67. The zero-order valence-corrected chi connectivity index (χ0v) is 13.2. The average molecular weight is 298 g/mol. The Balaban J connectivity index is 1.83. The van der Waals surface area contributed by atoms with Crippen molar-refractivity contribution in [2.75, 3.05) is 7.11 Å². The minimum atomic E-state index is 0.0581. The number of aromatic hydroxyl groups is 1. The second kappa shape index (κ2) is 6.01. The third-order valence-corrected chi connectivity index (χ3v) is 4.74. The number of benzene rings is 2. The van der Waals surface area contributed by atoms with Crippen LogP contribution in [0.15, 0.2) is 48.5 Å². The topological polar surface area (TPSA) is 38.7 Å². The van der Waals surface area contributed by atoms with Crippen LogP contribution in [0, 0.1) is 11.8 Å². The standard InChI is InChI=1S/C19H22O3/c1-12-13(2)19(15-6-10-17(21-3)11-7-15)22-18(12)14-4-8-16(20)9-5-14/h4-13,18-20H,1-3H3/t12-,13-,18+,19-/m1/s1. The van der Waals surface area contributed by atoms with E-state index in [2.05, 4.69) is 26.0 Å². The van der Waals surface area contributed by atoms with Crippen LogP contribution in [-0.2, 0) is 4.74 Å². The molecule has 0 saturated carbocycles. The number of hydrogen-bond acceptors (Lipinski definition) is 3. The SMILES string of the molecule is COc1ccc([C@@H]2O[C@H](c3ccc(O)cc3)[C@H](C)[C@H]2C)cc1. The summed E-state index contributed by atoms with van der Waals surface area (Å²) in [5.74, 6) is 1.98. The number of hydrogen-bond donors (Lipinski definition) is 1. The maximum Gasteiger partial charge on any atom is 0.118 e. The lowest BCUT2D eigenvalue weighted by Crippen LogP contribution is -2.09. The first kappa shape index (κ1) is 14.9. The average Bonchev–Trinajstić information content (AvgIpc) is 2.84. The van der Waals surface area contributed by atoms with Gasteiger partial charge in [-0.25, -0.2) is 0 Å². The van der Waals surface area contributed by atoms with Crippen molar-refractivity contribution in [3.05, 3.63) is 59.7 Å². The first-order valence-corrected chi connectivity index (χ1v) is 7.68. The van der Waals surface area contributed by atoms with Gasteiger partial charge in [0.25, 0.3) is 0 Å². The van der Waals surface area contributed by atoms with E-state index in [-0.39, 0.29) is 18.0 Å². The van der Waals surface area contributed by atoms with E-state index in [1.165, 1.54) is 5.56 Å². The van der Waals surface area contributed by atoms with Crippen LogP contribution < -0.4 is 4.74 Å². The molecule has 2 aromatic rings. The van der Waals surface area contributed by atoms with Gasteiger partial charge in [-0.3, -0.25) is 0 Å². The molecule has 0 radical (unpaired) electrons.